The van der Waals surface area contributed by atoms with E-state index < -0.39 is 35.8 Å². The number of ether oxygens (including phenoxy) is 2. The number of aromatic nitrogens is 1. The van der Waals surface area contributed by atoms with Crippen LogP contribution in [-0.4, -0.2) is 18.5 Å². The summed E-state index contributed by atoms with van der Waals surface area (Å²) in [5, 5.41) is 0. The highest BCUT2D eigenvalue weighted by Gasteiger charge is 2.35. The number of rotatable bonds is 3. The van der Waals surface area contributed by atoms with E-state index in [0.29, 0.717) is 0 Å². The molecule has 0 unspecified atom stereocenters. The Morgan fingerprint density at radius 2 is 1.88 bits per heavy atom. The van der Waals surface area contributed by atoms with Crippen LogP contribution in [0.25, 0.3) is 0 Å². The lowest BCUT2D eigenvalue weighted by Crippen LogP contribution is -2.19. The van der Waals surface area contributed by atoms with Gasteiger partial charge in [-0.25, -0.2) is 18.2 Å². The minimum Gasteiger partial charge on any atom is -0.491 e. The summed E-state index contributed by atoms with van der Waals surface area (Å²) >= 11 is 0. The van der Waals surface area contributed by atoms with Crippen molar-refractivity contribution in [2.45, 2.75) is 12.8 Å². The minimum atomic E-state index is -5.14. The molecule has 1 heterocycles. The smallest absolute Gasteiger partial charge is 0.491 e. The molecule has 0 amide bonds. The molecule has 3 nitrogen and oxygen atoms in total. The maximum absolute atomic E-state index is 12.9. The van der Waals surface area contributed by atoms with Gasteiger partial charge in [-0.15, -0.1) is 13.2 Å². The van der Waals surface area contributed by atoms with Gasteiger partial charge < -0.3 is 9.47 Å². The van der Waals surface area contributed by atoms with Crippen LogP contribution < -0.4 is 9.47 Å². The molecule has 0 saturated carbocycles. The highest BCUT2D eigenvalue weighted by atomic mass is 19.4. The molecule has 0 aromatic carbocycles. The van der Waals surface area contributed by atoms with E-state index in [1.54, 1.807) is 0 Å². The van der Waals surface area contributed by atoms with Crippen molar-refractivity contribution in [2.24, 2.45) is 0 Å². The molecule has 0 aliphatic carbocycles. The molecular formula is C8H5F6NO2. The second-order valence-corrected chi connectivity index (χ2v) is 2.71. The number of methoxy groups -OCH3 is 1. The van der Waals surface area contributed by atoms with Crippen LogP contribution in [-0.2, 0) is 0 Å². The third-order valence-corrected chi connectivity index (χ3v) is 1.63. The van der Waals surface area contributed by atoms with E-state index >= 15 is 0 Å². The van der Waals surface area contributed by atoms with Crippen LogP contribution in [0.3, 0.4) is 0 Å². The zero-order valence-corrected chi connectivity index (χ0v) is 8.19. The zero-order valence-electron chi connectivity index (χ0n) is 8.19. The van der Waals surface area contributed by atoms with E-state index in [1.165, 1.54) is 0 Å². The Morgan fingerprint density at radius 3 is 2.29 bits per heavy atom. The highest BCUT2D eigenvalue weighted by molar-refractivity contribution is 5.43. The summed E-state index contributed by atoms with van der Waals surface area (Å²) in [4.78, 5) is 2.90. The Kier molecular flexibility index (Phi) is 3.69. The summed E-state index contributed by atoms with van der Waals surface area (Å²) in [6.07, 6.45) is -8.30. The summed E-state index contributed by atoms with van der Waals surface area (Å²) < 4.78 is 81.0. The molecular weight excluding hydrogens is 256 g/mol. The first-order valence-corrected chi connectivity index (χ1v) is 4.02. The largest absolute Gasteiger partial charge is 0.574 e. The standard InChI is InChI=1S/C8H5F6NO2/c1-16-5-4(6(10)11)3(9)2-15-7(5)17-8(12,13)14/h2,6H,1H3. The lowest BCUT2D eigenvalue weighted by atomic mass is 10.2. The molecule has 0 aliphatic rings. The van der Waals surface area contributed by atoms with Crippen LogP contribution in [0.2, 0.25) is 0 Å². The third kappa shape index (κ3) is 3.14. The summed E-state index contributed by atoms with van der Waals surface area (Å²) in [5.74, 6) is -3.83. The fraction of sp³-hybridized carbons (Fsp3) is 0.375. The predicted octanol–water partition coefficient (Wildman–Crippen LogP) is 3.07. The molecule has 1 rings (SSSR count). The number of halogens is 6. The first kappa shape index (κ1) is 13.4. The fourth-order valence-corrected chi connectivity index (χ4v) is 1.05. The molecule has 17 heavy (non-hydrogen) atoms. The monoisotopic (exact) mass is 261 g/mol. The van der Waals surface area contributed by atoms with E-state index in [4.69, 9.17) is 0 Å². The fourth-order valence-electron chi connectivity index (χ4n) is 1.05. The van der Waals surface area contributed by atoms with Crippen molar-refractivity contribution in [1.82, 2.24) is 4.98 Å². The molecule has 0 fully saturated rings. The van der Waals surface area contributed by atoms with Gasteiger partial charge in [0, 0.05) is 0 Å². The van der Waals surface area contributed by atoms with Gasteiger partial charge in [-0.05, 0) is 0 Å². The first-order chi connectivity index (χ1) is 7.76. The van der Waals surface area contributed by atoms with Crippen molar-refractivity contribution in [3.05, 3.63) is 17.6 Å². The van der Waals surface area contributed by atoms with Gasteiger partial charge in [-0.3, -0.25) is 0 Å². The minimum absolute atomic E-state index is 0.199. The van der Waals surface area contributed by atoms with Crippen LogP contribution in [0.5, 0.6) is 11.6 Å². The van der Waals surface area contributed by atoms with E-state index in [1.807, 2.05) is 0 Å². The predicted molar refractivity (Wildman–Crippen MR) is 42.4 cm³/mol. The first-order valence-electron chi connectivity index (χ1n) is 4.02. The van der Waals surface area contributed by atoms with Gasteiger partial charge >= 0.3 is 6.36 Å². The van der Waals surface area contributed by atoms with E-state index in [9.17, 15) is 26.3 Å². The summed E-state index contributed by atoms with van der Waals surface area (Å²) in [7, 11) is 0.797. The quantitative estimate of drug-likeness (QED) is 0.783. The number of hydrogen-bond donors (Lipinski definition) is 0. The van der Waals surface area contributed by atoms with E-state index in [-0.39, 0.29) is 6.20 Å². The van der Waals surface area contributed by atoms with Crippen molar-refractivity contribution >= 4 is 0 Å². The zero-order chi connectivity index (χ0) is 13.2. The lowest BCUT2D eigenvalue weighted by Gasteiger charge is -2.14. The third-order valence-electron chi connectivity index (χ3n) is 1.63. The van der Waals surface area contributed by atoms with Crippen LogP contribution in [0, 0.1) is 5.82 Å². The number of alkyl halides is 5. The van der Waals surface area contributed by atoms with E-state index in [0.717, 1.165) is 7.11 Å². The second-order valence-electron chi connectivity index (χ2n) is 2.71. The van der Waals surface area contributed by atoms with Gasteiger partial charge in [0.15, 0.2) is 11.6 Å². The molecule has 0 atom stereocenters. The average molecular weight is 261 g/mol. The van der Waals surface area contributed by atoms with Crippen molar-refractivity contribution in [3.8, 4) is 11.6 Å². The SMILES string of the molecule is COc1c(OC(F)(F)F)ncc(F)c1C(F)F. The number of nitrogens with zero attached hydrogens (tertiary/aromatic N) is 1. The summed E-state index contributed by atoms with van der Waals surface area (Å²) in [6, 6.07) is 0. The van der Waals surface area contributed by atoms with Crippen molar-refractivity contribution in [2.75, 3.05) is 7.11 Å². The molecule has 0 spiro atoms. The Labute approximate surface area is 91.0 Å². The molecule has 1 aromatic heterocycles. The van der Waals surface area contributed by atoms with Crippen LogP contribution in [0.15, 0.2) is 6.20 Å². The van der Waals surface area contributed by atoms with Crippen LogP contribution in [0.1, 0.15) is 12.0 Å². The van der Waals surface area contributed by atoms with Gasteiger partial charge in [0.25, 0.3) is 12.3 Å². The van der Waals surface area contributed by atoms with Crippen LogP contribution >= 0.6 is 0 Å². The maximum atomic E-state index is 12.9. The number of pyridine rings is 1. The van der Waals surface area contributed by atoms with Crippen molar-refractivity contribution in [3.63, 3.8) is 0 Å². The lowest BCUT2D eigenvalue weighted by molar-refractivity contribution is -0.276. The van der Waals surface area contributed by atoms with Crippen molar-refractivity contribution in [1.29, 1.82) is 0 Å². The molecule has 0 radical (unpaired) electrons. The van der Waals surface area contributed by atoms with Crippen molar-refractivity contribution < 1.29 is 35.8 Å². The Morgan fingerprint density at radius 1 is 1.29 bits per heavy atom. The Balaban J connectivity index is 3.28. The second kappa shape index (κ2) is 4.68. The topological polar surface area (TPSA) is 31.4 Å². The van der Waals surface area contributed by atoms with Gasteiger partial charge in [-0.2, -0.15) is 0 Å². The summed E-state index contributed by atoms with van der Waals surface area (Å²) in [5.41, 5.74) is -1.33. The summed E-state index contributed by atoms with van der Waals surface area (Å²) in [6.45, 7) is 0. The van der Waals surface area contributed by atoms with Gasteiger partial charge in [0.1, 0.15) is 5.56 Å². The van der Waals surface area contributed by atoms with E-state index in [2.05, 4.69) is 14.5 Å². The molecule has 0 saturated heterocycles. The highest BCUT2D eigenvalue weighted by Crippen LogP contribution is 2.38. The normalized spacial score (nSPS) is 11.8. The van der Waals surface area contributed by atoms with Crippen LogP contribution in [0.4, 0.5) is 26.3 Å². The molecule has 0 bridgehead atoms. The molecule has 0 N–H and O–H groups in total. The maximum Gasteiger partial charge on any atom is 0.574 e. The average Bonchev–Trinajstić information content (AvgIpc) is 2.17. The Hall–Kier alpha value is -1.67. The molecule has 1 aromatic rings. The Bertz CT molecular complexity index is 406. The number of hydrogen-bond acceptors (Lipinski definition) is 3. The van der Waals surface area contributed by atoms with Gasteiger partial charge in [0.05, 0.1) is 13.3 Å². The molecule has 0 aliphatic heterocycles. The van der Waals surface area contributed by atoms with Gasteiger partial charge in [-0.1, -0.05) is 0 Å². The molecule has 9 heteroatoms. The molecule has 96 valence electrons. The van der Waals surface area contributed by atoms with Gasteiger partial charge in [0.2, 0.25) is 0 Å².